The molecule has 0 bridgehead atoms. The molecule has 0 fully saturated rings. The molecule has 0 aliphatic rings. The van der Waals surface area contributed by atoms with Crippen molar-refractivity contribution in [3.05, 3.63) is 91.9 Å². The standard InChI is InChI=1S/C19H17N5O4/c1-12(20-21-18(25)14-8-10-16(11-9-14)24(27)28)17-13(2)22-23(19(17)26)15-6-4-3-5-7-15/h3-11,22H,1-2H3,(H,21,25). The van der Waals surface area contributed by atoms with Crippen molar-refractivity contribution < 1.29 is 9.72 Å². The van der Waals surface area contributed by atoms with E-state index < -0.39 is 10.8 Å². The third-order valence-corrected chi connectivity index (χ3v) is 4.11. The molecule has 0 aliphatic heterocycles. The number of carbonyl (C=O) groups excluding carboxylic acids is 1. The molecule has 0 unspecified atom stereocenters. The maximum absolute atomic E-state index is 12.7. The van der Waals surface area contributed by atoms with Crippen LogP contribution >= 0.6 is 0 Å². The average Bonchev–Trinajstić information content (AvgIpc) is 3.00. The lowest BCUT2D eigenvalue weighted by Crippen LogP contribution is -2.23. The second kappa shape index (κ2) is 7.70. The number of benzene rings is 2. The zero-order chi connectivity index (χ0) is 20.3. The van der Waals surface area contributed by atoms with E-state index in [0.29, 0.717) is 22.7 Å². The number of aromatic nitrogens is 2. The van der Waals surface area contributed by atoms with Crippen LogP contribution in [0, 0.1) is 17.0 Å². The van der Waals surface area contributed by atoms with E-state index in [-0.39, 0.29) is 16.8 Å². The van der Waals surface area contributed by atoms with Crippen LogP contribution in [0.4, 0.5) is 5.69 Å². The van der Waals surface area contributed by atoms with Gasteiger partial charge in [-0.3, -0.25) is 24.8 Å². The van der Waals surface area contributed by atoms with Gasteiger partial charge in [-0.05, 0) is 38.1 Å². The Bertz CT molecular complexity index is 1110. The number of nitrogens with one attached hydrogen (secondary N) is 2. The van der Waals surface area contributed by atoms with Gasteiger partial charge in [-0.25, -0.2) is 10.1 Å². The molecule has 9 heteroatoms. The molecule has 1 heterocycles. The molecule has 2 aromatic carbocycles. The van der Waals surface area contributed by atoms with Gasteiger partial charge < -0.3 is 0 Å². The summed E-state index contributed by atoms with van der Waals surface area (Å²) >= 11 is 0. The van der Waals surface area contributed by atoms with Crippen molar-refractivity contribution in [3.8, 4) is 5.69 Å². The SMILES string of the molecule is CC(=NNC(=O)c1ccc([N+](=O)[O-])cc1)c1c(C)[nH]n(-c2ccccc2)c1=O. The first-order valence-corrected chi connectivity index (χ1v) is 8.35. The highest BCUT2D eigenvalue weighted by Crippen LogP contribution is 2.12. The fourth-order valence-corrected chi connectivity index (χ4v) is 2.72. The van der Waals surface area contributed by atoms with Gasteiger partial charge in [0.25, 0.3) is 17.2 Å². The van der Waals surface area contributed by atoms with E-state index in [4.69, 9.17) is 0 Å². The van der Waals surface area contributed by atoms with Crippen LogP contribution in [-0.2, 0) is 0 Å². The van der Waals surface area contributed by atoms with Crippen molar-refractivity contribution in [3.63, 3.8) is 0 Å². The Labute approximate surface area is 159 Å². The number of aromatic amines is 1. The van der Waals surface area contributed by atoms with E-state index in [1.54, 1.807) is 26.0 Å². The smallest absolute Gasteiger partial charge is 0.280 e. The lowest BCUT2D eigenvalue weighted by atomic mass is 10.2. The van der Waals surface area contributed by atoms with E-state index in [1.165, 1.54) is 28.9 Å². The number of non-ortho nitro benzene ring substituents is 1. The van der Waals surface area contributed by atoms with Gasteiger partial charge >= 0.3 is 0 Å². The minimum Gasteiger partial charge on any atom is -0.295 e. The van der Waals surface area contributed by atoms with Gasteiger partial charge in [-0.1, -0.05) is 18.2 Å². The molecule has 0 spiro atoms. The highest BCUT2D eigenvalue weighted by molar-refractivity contribution is 6.01. The lowest BCUT2D eigenvalue weighted by Gasteiger charge is -2.02. The van der Waals surface area contributed by atoms with E-state index in [2.05, 4.69) is 15.6 Å². The monoisotopic (exact) mass is 379 g/mol. The van der Waals surface area contributed by atoms with Crippen molar-refractivity contribution in [2.75, 3.05) is 0 Å². The number of amides is 1. The Balaban J connectivity index is 1.82. The van der Waals surface area contributed by atoms with Gasteiger partial charge in [-0.2, -0.15) is 5.10 Å². The Hall–Kier alpha value is -4.01. The number of nitro groups is 1. The molecule has 1 aromatic heterocycles. The molecule has 3 rings (SSSR count). The van der Waals surface area contributed by atoms with E-state index in [1.807, 2.05) is 18.2 Å². The van der Waals surface area contributed by atoms with Crippen LogP contribution in [0.2, 0.25) is 0 Å². The van der Waals surface area contributed by atoms with Gasteiger partial charge in [0.1, 0.15) is 0 Å². The molecule has 2 N–H and O–H groups in total. The molecule has 1 amide bonds. The number of para-hydroxylation sites is 1. The molecule has 0 aliphatic carbocycles. The fraction of sp³-hybridized carbons (Fsp3) is 0.105. The summed E-state index contributed by atoms with van der Waals surface area (Å²) in [7, 11) is 0. The number of hydrazone groups is 1. The molecule has 3 aromatic rings. The van der Waals surface area contributed by atoms with Crippen molar-refractivity contribution in [1.82, 2.24) is 15.2 Å². The third kappa shape index (κ3) is 3.73. The predicted octanol–water partition coefficient (Wildman–Crippen LogP) is 2.54. The van der Waals surface area contributed by atoms with Gasteiger partial charge in [0, 0.05) is 23.4 Å². The minimum atomic E-state index is -0.545. The summed E-state index contributed by atoms with van der Waals surface area (Å²) in [5.74, 6) is -0.536. The number of hydrogen-bond acceptors (Lipinski definition) is 5. The number of nitro benzene ring substituents is 1. The van der Waals surface area contributed by atoms with E-state index in [0.717, 1.165) is 0 Å². The van der Waals surface area contributed by atoms with Crippen molar-refractivity contribution in [1.29, 1.82) is 0 Å². The summed E-state index contributed by atoms with van der Waals surface area (Å²) in [6.07, 6.45) is 0. The highest BCUT2D eigenvalue weighted by Gasteiger charge is 2.16. The Morgan fingerprint density at radius 3 is 2.39 bits per heavy atom. The summed E-state index contributed by atoms with van der Waals surface area (Å²) in [5, 5.41) is 17.7. The maximum atomic E-state index is 12.7. The van der Waals surface area contributed by atoms with Crippen LogP contribution in [0.15, 0.2) is 64.5 Å². The second-order valence-electron chi connectivity index (χ2n) is 6.03. The third-order valence-electron chi connectivity index (χ3n) is 4.11. The first kappa shape index (κ1) is 18.8. The van der Waals surface area contributed by atoms with Crippen LogP contribution in [-0.4, -0.2) is 26.3 Å². The number of rotatable bonds is 5. The second-order valence-corrected chi connectivity index (χ2v) is 6.03. The normalized spacial score (nSPS) is 11.3. The molecule has 0 atom stereocenters. The molecule has 0 saturated carbocycles. The summed E-state index contributed by atoms with van der Waals surface area (Å²) < 4.78 is 1.40. The molecular weight excluding hydrogens is 362 g/mol. The quantitative estimate of drug-likeness (QED) is 0.402. The van der Waals surface area contributed by atoms with Crippen LogP contribution in [0.25, 0.3) is 5.69 Å². The van der Waals surface area contributed by atoms with Crippen molar-refractivity contribution in [2.45, 2.75) is 13.8 Å². The zero-order valence-electron chi connectivity index (χ0n) is 15.2. The summed E-state index contributed by atoms with van der Waals surface area (Å²) in [6, 6.07) is 14.2. The average molecular weight is 379 g/mol. The van der Waals surface area contributed by atoms with Gasteiger partial charge in [-0.15, -0.1) is 0 Å². The van der Waals surface area contributed by atoms with Crippen molar-refractivity contribution in [2.24, 2.45) is 5.10 Å². The minimum absolute atomic E-state index is 0.111. The number of H-pyrrole nitrogens is 1. The van der Waals surface area contributed by atoms with Crippen LogP contribution < -0.4 is 11.0 Å². The largest absolute Gasteiger partial charge is 0.295 e. The molecule has 0 radical (unpaired) electrons. The summed E-state index contributed by atoms with van der Waals surface area (Å²) in [4.78, 5) is 35.0. The fourth-order valence-electron chi connectivity index (χ4n) is 2.72. The number of nitrogens with zero attached hydrogens (tertiary/aromatic N) is 3. The molecule has 28 heavy (non-hydrogen) atoms. The molecule has 142 valence electrons. The Morgan fingerprint density at radius 1 is 1.14 bits per heavy atom. The maximum Gasteiger partial charge on any atom is 0.280 e. The Morgan fingerprint density at radius 2 is 1.79 bits per heavy atom. The van der Waals surface area contributed by atoms with Gasteiger partial charge in [0.2, 0.25) is 0 Å². The molecule has 0 saturated heterocycles. The van der Waals surface area contributed by atoms with Crippen LogP contribution in [0.3, 0.4) is 0 Å². The first-order chi connectivity index (χ1) is 13.4. The molecular formula is C19H17N5O4. The number of hydrogen-bond donors (Lipinski definition) is 2. The van der Waals surface area contributed by atoms with Crippen LogP contribution in [0.1, 0.15) is 28.5 Å². The number of carbonyl (C=O) groups is 1. The van der Waals surface area contributed by atoms with Crippen molar-refractivity contribution >= 4 is 17.3 Å². The summed E-state index contributed by atoms with van der Waals surface area (Å²) in [6.45, 7) is 3.36. The zero-order valence-corrected chi connectivity index (χ0v) is 15.2. The first-order valence-electron chi connectivity index (χ1n) is 8.35. The highest BCUT2D eigenvalue weighted by atomic mass is 16.6. The lowest BCUT2D eigenvalue weighted by molar-refractivity contribution is -0.384. The van der Waals surface area contributed by atoms with E-state index in [9.17, 15) is 19.7 Å². The summed E-state index contributed by atoms with van der Waals surface area (Å²) in [5.41, 5.74) is 4.18. The number of aryl methyl sites for hydroxylation is 1. The van der Waals surface area contributed by atoms with Gasteiger partial charge in [0.15, 0.2) is 0 Å². The Kier molecular flexibility index (Phi) is 5.16. The topological polar surface area (TPSA) is 122 Å². The van der Waals surface area contributed by atoms with Gasteiger partial charge in [0.05, 0.1) is 21.9 Å². The predicted molar refractivity (Wildman–Crippen MR) is 104 cm³/mol. The van der Waals surface area contributed by atoms with E-state index >= 15 is 0 Å². The molecule has 9 nitrogen and oxygen atoms in total. The van der Waals surface area contributed by atoms with Crippen LogP contribution in [0.5, 0.6) is 0 Å².